The lowest BCUT2D eigenvalue weighted by molar-refractivity contribution is -0.110. The average molecular weight is 386 g/mol. The second kappa shape index (κ2) is 7.27. The number of pyridine rings is 1. The molecule has 5 rings (SSSR count). The van der Waals surface area contributed by atoms with Gasteiger partial charge in [-0.25, -0.2) is 4.98 Å². The van der Waals surface area contributed by atoms with Gasteiger partial charge in [-0.2, -0.15) is 0 Å². The third-order valence-corrected chi connectivity index (χ3v) is 6.83. The topological polar surface area (TPSA) is 53.4 Å². The zero-order chi connectivity index (χ0) is 19.8. The maximum Gasteiger partial charge on any atom is 0.272 e. The first-order valence-electron chi connectivity index (χ1n) is 10.6. The van der Waals surface area contributed by atoms with Crippen molar-refractivity contribution >= 4 is 16.8 Å². The van der Waals surface area contributed by atoms with E-state index < -0.39 is 5.60 Å². The van der Waals surface area contributed by atoms with Gasteiger partial charge < -0.3 is 10.0 Å². The fourth-order valence-electron chi connectivity index (χ4n) is 5.35. The summed E-state index contributed by atoms with van der Waals surface area (Å²) in [6, 6.07) is 21.7. The molecular weight excluding hydrogens is 360 g/mol. The highest BCUT2D eigenvalue weighted by Crippen LogP contribution is 2.47. The number of aliphatic hydroxyl groups is 1. The van der Waals surface area contributed by atoms with Crippen LogP contribution in [0.25, 0.3) is 10.9 Å². The van der Waals surface area contributed by atoms with Crippen LogP contribution in [0.3, 0.4) is 0 Å². The molecule has 2 aliphatic rings. The van der Waals surface area contributed by atoms with E-state index in [-0.39, 0.29) is 17.9 Å². The van der Waals surface area contributed by atoms with E-state index in [0.29, 0.717) is 18.7 Å². The molecule has 3 atom stereocenters. The fourth-order valence-corrected chi connectivity index (χ4v) is 5.35. The fraction of sp³-hybridized carbons (Fsp3) is 0.360. The summed E-state index contributed by atoms with van der Waals surface area (Å²) in [6.07, 6.45) is 4.66. The van der Waals surface area contributed by atoms with Gasteiger partial charge in [-0.05, 0) is 37.0 Å². The Morgan fingerprint density at radius 1 is 0.966 bits per heavy atom. The SMILES string of the molecule is O=C(c1ccc2ccccc2n1)N1CCC(O)(c2ccccc2)[C@H]2CCCC[C@@H]21. The smallest absolute Gasteiger partial charge is 0.272 e. The molecule has 2 fully saturated rings. The Balaban J connectivity index is 1.47. The Hall–Kier alpha value is -2.72. The molecule has 4 nitrogen and oxygen atoms in total. The monoisotopic (exact) mass is 386 g/mol. The molecule has 2 aromatic carbocycles. The largest absolute Gasteiger partial charge is 0.385 e. The summed E-state index contributed by atoms with van der Waals surface area (Å²) in [6.45, 7) is 0.555. The molecule has 2 heterocycles. The van der Waals surface area contributed by atoms with Gasteiger partial charge >= 0.3 is 0 Å². The number of hydrogen-bond acceptors (Lipinski definition) is 3. The minimum atomic E-state index is -0.861. The van der Waals surface area contributed by atoms with Gasteiger partial charge in [0.2, 0.25) is 0 Å². The Bertz CT molecular complexity index is 1040. The van der Waals surface area contributed by atoms with Crippen LogP contribution in [0.15, 0.2) is 66.7 Å². The van der Waals surface area contributed by atoms with Crippen LogP contribution in [-0.4, -0.2) is 33.5 Å². The normalized spacial score (nSPS) is 26.9. The van der Waals surface area contributed by atoms with Crippen LogP contribution >= 0.6 is 0 Å². The number of fused-ring (bicyclic) bond motifs is 2. The number of carbonyl (C=O) groups excluding carboxylic acids is 1. The third kappa shape index (κ3) is 3.12. The second-order valence-corrected chi connectivity index (χ2v) is 8.39. The van der Waals surface area contributed by atoms with Crippen molar-refractivity contribution in [1.82, 2.24) is 9.88 Å². The first-order chi connectivity index (χ1) is 14.2. The van der Waals surface area contributed by atoms with Gasteiger partial charge in [0.1, 0.15) is 5.69 Å². The molecule has 1 amide bonds. The molecular formula is C25H26N2O2. The van der Waals surface area contributed by atoms with E-state index in [1.54, 1.807) is 0 Å². The van der Waals surface area contributed by atoms with Gasteiger partial charge in [-0.15, -0.1) is 0 Å². The lowest BCUT2D eigenvalue weighted by Crippen LogP contribution is -2.59. The van der Waals surface area contributed by atoms with Gasteiger partial charge in [0.25, 0.3) is 5.91 Å². The molecule has 148 valence electrons. The average Bonchev–Trinajstić information content (AvgIpc) is 2.79. The Morgan fingerprint density at radius 2 is 1.72 bits per heavy atom. The molecule has 1 unspecified atom stereocenters. The highest BCUT2D eigenvalue weighted by Gasteiger charge is 2.50. The lowest BCUT2D eigenvalue weighted by Gasteiger charge is -2.52. The number of piperidine rings is 1. The molecule has 0 radical (unpaired) electrons. The number of amides is 1. The van der Waals surface area contributed by atoms with E-state index >= 15 is 0 Å². The zero-order valence-electron chi connectivity index (χ0n) is 16.5. The van der Waals surface area contributed by atoms with Crippen molar-refractivity contribution in [2.24, 2.45) is 5.92 Å². The van der Waals surface area contributed by atoms with E-state index in [4.69, 9.17) is 0 Å². The standard InChI is InChI=1S/C25H26N2O2/c28-24(22-15-14-18-8-4-6-12-21(18)26-22)27-17-16-25(29,19-9-2-1-3-10-19)20-11-5-7-13-23(20)27/h1-4,6,8-10,12,14-15,20,23,29H,5,7,11,13,16-17H2/t20-,23-,25?/m0/s1. The quantitative estimate of drug-likeness (QED) is 0.704. The summed E-state index contributed by atoms with van der Waals surface area (Å²) < 4.78 is 0. The zero-order valence-corrected chi connectivity index (χ0v) is 16.5. The number of rotatable bonds is 2. The van der Waals surface area contributed by atoms with E-state index in [9.17, 15) is 9.90 Å². The number of hydrogen-bond donors (Lipinski definition) is 1. The number of nitrogens with zero attached hydrogens (tertiary/aromatic N) is 2. The van der Waals surface area contributed by atoms with Gasteiger partial charge in [0.15, 0.2) is 0 Å². The van der Waals surface area contributed by atoms with E-state index in [1.165, 1.54) is 0 Å². The summed E-state index contributed by atoms with van der Waals surface area (Å²) in [5, 5.41) is 12.7. The molecule has 1 aliphatic heterocycles. The maximum absolute atomic E-state index is 13.4. The second-order valence-electron chi connectivity index (χ2n) is 8.39. The van der Waals surface area contributed by atoms with Crippen LogP contribution in [0.4, 0.5) is 0 Å². The van der Waals surface area contributed by atoms with Crippen molar-refractivity contribution in [2.75, 3.05) is 6.54 Å². The third-order valence-electron chi connectivity index (χ3n) is 6.83. The number of para-hydroxylation sites is 1. The van der Waals surface area contributed by atoms with Crippen LogP contribution < -0.4 is 0 Å². The van der Waals surface area contributed by atoms with Gasteiger partial charge in [-0.3, -0.25) is 4.79 Å². The predicted molar refractivity (Wildman–Crippen MR) is 113 cm³/mol. The van der Waals surface area contributed by atoms with Crippen LogP contribution in [-0.2, 0) is 5.60 Å². The molecule has 1 saturated carbocycles. The molecule has 4 heteroatoms. The molecule has 3 aromatic rings. The van der Waals surface area contributed by atoms with E-state index in [1.807, 2.05) is 71.6 Å². The van der Waals surface area contributed by atoms with Crippen molar-refractivity contribution in [2.45, 2.75) is 43.7 Å². The van der Waals surface area contributed by atoms with E-state index in [2.05, 4.69) is 4.98 Å². The summed E-state index contributed by atoms with van der Waals surface area (Å²) in [5.74, 6) is 0.0552. The van der Waals surface area contributed by atoms with Crippen molar-refractivity contribution in [3.8, 4) is 0 Å². The minimum Gasteiger partial charge on any atom is -0.385 e. The van der Waals surface area contributed by atoms with E-state index in [0.717, 1.165) is 42.1 Å². The molecule has 1 saturated heterocycles. The van der Waals surface area contributed by atoms with Crippen molar-refractivity contribution in [3.63, 3.8) is 0 Å². The highest BCUT2D eigenvalue weighted by molar-refractivity contribution is 5.95. The highest BCUT2D eigenvalue weighted by atomic mass is 16.3. The minimum absolute atomic E-state index is 0.0113. The Kier molecular flexibility index (Phi) is 4.59. The molecule has 1 aliphatic carbocycles. The Labute approximate surface area is 171 Å². The van der Waals surface area contributed by atoms with Crippen LogP contribution in [0, 0.1) is 5.92 Å². The molecule has 1 N–H and O–H groups in total. The number of likely N-dealkylation sites (tertiary alicyclic amines) is 1. The lowest BCUT2D eigenvalue weighted by atomic mass is 9.66. The van der Waals surface area contributed by atoms with Crippen molar-refractivity contribution < 1.29 is 9.90 Å². The number of benzene rings is 2. The van der Waals surface area contributed by atoms with Gasteiger partial charge in [0, 0.05) is 23.9 Å². The number of carbonyl (C=O) groups is 1. The molecule has 1 aromatic heterocycles. The summed E-state index contributed by atoms with van der Waals surface area (Å²) in [7, 11) is 0. The molecule has 0 spiro atoms. The first-order valence-corrected chi connectivity index (χ1v) is 10.6. The molecule has 0 bridgehead atoms. The number of aromatic nitrogens is 1. The van der Waals surface area contributed by atoms with Crippen molar-refractivity contribution in [1.29, 1.82) is 0 Å². The van der Waals surface area contributed by atoms with Gasteiger partial charge in [0.05, 0.1) is 11.1 Å². The van der Waals surface area contributed by atoms with Crippen molar-refractivity contribution in [3.05, 3.63) is 78.0 Å². The predicted octanol–water partition coefficient (Wildman–Crippen LogP) is 4.53. The van der Waals surface area contributed by atoms with Crippen LogP contribution in [0.2, 0.25) is 0 Å². The van der Waals surface area contributed by atoms with Gasteiger partial charge in [-0.1, -0.05) is 67.4 Å². The first kappa shape index (κ1) is 18.3. The summed E-state index contributed by atoms with van der Waals surface area (Å²) >= 11 is 0. The molecule has 29 heavy (non-hydrogen) atoms. The van der Waals surface area contributed by atoms with Crippen LogP contribution in [0.1, 0.15) is 48.2 Å². The Morgan fingerprint density at radius 3 is 2.59 bits per heavy atom. The summed E-state index contributed by atoms with van der Waals surface area (Å²) in [4.78, 5) is 20.0. The maximum atomic E-state index is 13.4. The van der Waals surface area contributed by atoms with Crippen LogP contribution in [0.5, 0.6) is 0 Å². The summed E-state index contributed by atoms with van der Waals surface area (Å²) in [5.41, 5.74) is 1.46.